The zero-order chi connectivity index (χ0) is 17.3. The van der Waals surface area contributed by atoms with Gasteiger partial charge in [0.2, 0.25) is 5.89 Å². The van der Waals surface area contributed by atoms with Crippen molar-refractivity contribution >= 4 is 34.5 Å². The van der Waals surface area contributed by atoms with E-state index >= 15 is 0 Å². The minimum Gasteiger partial charge on any atom is -0.496 e. The van der Waals surface area contributed by atoms with Crippen LogP contribution >= 0.6 is 22.9 Å². The van der Waals surface area contributed by atoms with Crippen LogP contribution in [0.15, 0.2) is 28.7 Å². The van der Waals surface area contributed by atoms with E-state index in [0.717, 1.165) is 9.75 Å². The van der Waals surface area contributed by atoms with Crippen LogP contribution in [0, 0.1) is 13.8 Å². The number of benzene rings is 1. The predicted molar refractivity (Wildman–Crippen MR) is 93.0 cm³/mol. The van der Waals surface area contributed by atoms with Crippen LogP contribution in [0.25, 0.3) is 10.8 Å². The van der Waals surface area contributed by atoms with Crippen molar-refractivity contribution in [1.29, 1.82) is 0 Å². The van der Waals surface area contributed by atoms with E-state index in [-0.39, 0.29) is 5.91 Å². The van der Waals surface area contributed by atoms with E-state index in [2.05, 4.69) is 15.5 Å². The number of hydrogen-bond acceptors (Lipinski definition) is 6. The van der Waals surface area contributed by atoms with Gasteiger partial charge in [0.15, 0.2) is 0 Å². The van der Waals surface area contributed by atoms with Gasteiger partial charge in [0, 0.05) is 16.8 Å². The first kappa shape index (κ1) is 16.5. The summed E-state index contributed by atoms with van der Waals surface area (Å²) in [6.07, 6.45) is 0. The van der Waals surface area contributed by atoms with Crippen LogP contribution in [0.2, 0.25) is 5.02 Å². The van der Waals surface area contributed by atoms with E-state index in [1.165, 1.54) is 18.4 Å². The Kier molecular flexibility index (Phi) is 4.55. The number of halogens is 1. The van der Waals surface area contributed by atoms with E-state index < -0.39 is 0 Å². The first-order chi connectivity index (χ1) is 11.5. The number of amides is 1. The first-order valence-electron chi connectivity index (χ1n) is 7.03. The molecule has 3 rings (SSSR count). The van der Waals surface area contributed by atoms with Crippen LogP contribution in [-0.4, -0.2) is 23.2 Å². The maximum atomic E-state index is 12.5. The first-order valence-corrected chi connectivity index (χ1v) is 8.23. The maximum absolute atomic E-state index is 12.5. The van der Waals surface area contributed by atoms with Crippen LogP contribution < -0.4 is 10.1 Å². The Balaban J connectivity index is 1.86. The zero-order valence-corrected chi connectivity index (χ0v) is 14.8. The summed E-state index contributed by atoms with van der Waals surface area (Å²) in [5, 5.41) is 11.2. The normalized spacial score (nSPS) is 10.7. The lowest BCUT2D eigenvalue weighted by Crippen LogP contribution is -2.13. The Labute approximate surface area is 147 Å². The summed E-state index contributed by atoms with van der Waals surface area (Å²) >= 11 is 7.39. The van der Waals surface area contributed by atoms with Crippen LogP contribution in [0.4, 0.5) is 5.69 Å². The van der Waals surface area contributed by atoms with Crippen molar-refractivity contribution < 1.29 is 13.9 Å². The number of hydrogen-bond donors (Lipinski definition) is 1. The summed E-state index contributed by atoms with van der Waals surface area (Å²) < 4.78 is 10.6. The number of methoxy groups -OCH3 is 1. The highest BCUT2D eigenvalue weighted by Crippen LogP contribution is 2.34. The quantitative estimate of drug-likeness (QED) is 0.746. The Morgan fingerprint density at radius 2 is 2.08 bits per heavy atom. The molecule has 2 heterocycles. The fraction of sp³-hybridized carbons (Fsp3) is 0.188. The summed E-state index contributed by atoms with van der Waals surface area (Å²) in [4.78, 5) is 14.3. The molecule has 2 aromatic heterocycles. The van der Waals surface area contributed by atoms with E-state index in [4.69, 9.17) is 20.8 Å². The summed E-state index contributed by atoms with van der Waals surface area (Å²) in [7, 11) is 1.49. The van der Waals surface area contributed by atoms with E-state index in [1.54, 1.807) is 25.1 Å². The second kappa shape index (κ2) is 6.62. The molecule has 24 heavy (non-hydrogen) atoms. The summed E-state index contributed by atoms with van der Waals surface area (Å²) in [5.74, 6) is 1.07. The number of anilines is 1. The Morgan fingerprint density at radius 1 is 1.29 bits per heavy atom. The standard InChI is InChI=1S/C16H14ClN3O3S/c1-8-12(7-14(24-8)16-20-19-9(2)23-16)18-15(21)11-5-4-10(17)6-13(11)22-3/h4-7H,1-3H3,(H,18,21). The summed E-state index contributed by atoms with van der Waals surface area (Å²) in [6, 6.07) is 6.68. The predicted octanol–water partition coefficient (Wildman–Crippen LogP) is 4.33. The minimum atomic E-state index is -0.280. The van der Waals surface area contributed by atoms with Gasteiger partial charge >= 0.3 is 0 Å². The SMILES string of the molecule is COc1cc(Cl)ccc1C(=O)Nc1cc(-c2nnc(C)o2)sc1C. The van der Waals surface area contributed by atoms with Gasteiger partial charge in [-0.3, -0.25) is 4.79 Å². The van der Waals surface area contributed by atoms with Crippen molar-refractivity contribution in [3.63, 3.8) is 0 Å². The smallest absolute Gasteiger partial charge is 0.259 e. The minimum absolute atomic E-state index is 0.280. The van der Waals surface area contributed by atoms with Crippen LogP contribution in [0.1, 0.15) is 21.1 Å². The largest absolute Gasteiger partial charge is 0.496 e. The maximum Gasteiger partial charge on any atom is 0.259 e. The number of carbonyl (C=O) groups is 1. The number of aryl methyl sites for hydroxylation is 2. The third-order valence-corrected chi connectivity index (χ3v) is 4.58. The molecule has 0 aliphatic carbocycles. The van der Waals surface area contributed by atoms with Crippen molar-refractivity contribution in [3.05, 3.63) is 45.6 Å². The fourth-order valence-corrected chi connectivity index (χ4v) is 3.21. The summed E-state index contributed by atoms with van der Waals surface area (Å²) in [5.41, 5.74) is 1.09. The molecule has 0 aliphatic rings. The highest BCUT2D eigenvalue weighted by Gasteiger charge is 2.17. The van der Waals surface area contributed by atoms with Gasteiger partial charge in [0.1, 0.15) is 5.75 Å². The zero-order valence-electron chi connectivity index (χ0n) is 13.2. The number of ether oxygens (including phenoxy) is 1. The molecule has 6 nitrogen and oxygen atoms in total. The lowest BCUT2D eigenvalue weighted by molar-refractivity contribution is 0.102. The van der Waals surface area contributed by atoms with Crippen molar-refractivity contribution in [2.45, 2.75) is 13.8 Å². The second-order valence-corrected chi connectivity index (χ2v) is 6.70. The molecular formula is C16H14ClN3O3S. The molecule has 0 aliphatic heterocycles. The molecule has 124 valence electrons. The van der Waals surface area contributed by atoms with Gasteiger partial charge in [-0.2, -0.15) is 0 Å². The molecule has 0 radical (unpaired) electrons. The molecule has 0 atom stereocenters. The number of rotatable bonds is 4. The average molecular weight is 364 g/mol. The van der Waals surface area contributed by atoms with Gasteiger partial charge in [-0.05, 0) is 31.2 Å². The number of nitrogens with zero attached hydrogens (tertiary/aromatic N) is 2. The molecule has 1 amide bonds. The van der Waals surface area contributed by atoms with E-state index in [0.29, 0.717) is 33.8 Å². The van der Waals surface area contributed by atoms with Crippen LogP contribution in [-0.2, 0) is 0 Å². The molecule has 0 unspecified atom stereocenters. The van der Waals surface area contributed by atoms with E-state index in [1.807, 2.05) is 13.0 Å². The molecule has 1 aromatic carbocycles. The molecule has 0 saturated heterocycles. The Hall–Kier alpha value is -2.38. The molecule has 0 saturated carbocycles. The van der Waals surface area contributed by atoms with Gasteiger partial charge in [0.25, 0.3) is 11.8 Å². The lowest BCUT2D eigenvalue weighted by Gasteiger charge is -2.09. The van der Waals surface area contributed by atoms with E-state index in [9.17, 15) is 4.79 Å². The Morgan fingerprint density at radius 3 is 2.75 bits per heavy atom. The highest BCUT2D eigenvalue weighted by atomic mass is 35.5. The van der Waals surface area contributed by atoms with Crippen molar-refractivity contribution in [2.75, 3.05) is 12.4 Å². The Bertz CT molecular complexity index is 904. The average Bonchev–Trinajstić information content (AvgIpc) is 3.13. The number of thiophene rings is 1. The lowest BCUT2D eigenvalue weighted by atomic mass is 10.2. The van der Waals surface area contributed by atoms with Gasteiger partial charge in [0.05, 0.1) is 23.2 Å². The molecule has 0 bridgehead atoms. The van der Waals surface area contributed by atoms with Crippen molar-refractivity contribution in [3.8, 4) is 16.5 Å². The number of aromatic nitrogens is 2. The summed E-state index contributed by atoms with van der Waals surface area (Å²) in [6.45, 7) is 3.64. The molecule has 1 N–H and O–H groups in total. The van der Waals surface area contributed by atoms with Gasteiger partial charge in [-0.1, -0.05) is 11.6 Å². The third-order valence-electron chi connectivity index (χ3n) is 3.31. The molecule has 0 fully saturated rings. The topological polar surface area (TPSA) is 77.2 Å². The fourth-order valence-electron chi connectivity index (χ4n) is 2.15. The highest BCUT2D eigenvalue weighted by molar-refractivity contribution is 7.15. The molecule has 3 aromatic rings. The van der Waals surface area contributed by atoms with Gasteiger partial charge < -0.3 is 14.5 Å². The number of nitrogens with one attached hydrogen (secondary N) is 1. The number of carbonyl (C=O) groups excluding carboxylic acids is 1. The second-order valence-electron chi connectivity index (χ2n) is 5.01. The van der Waals surface area contributed by atoms with Crippen molar-refractivity contribution in [2.24, 2.45) is 0 Å². The van der Waals surface area contributed by atoms with Crippen LogP contribution in [0.5, 0.6) is 5.75 Å². The molecule has 0 spiro atoms. The third kappa shape index (κ3) is 3.27. The molecule has 8 heteroatoms. The van der Waals surface area contributed by atoms with Gasteiger partial charge in [-0.25, -0.2) is 0 Å². The molecular weight excluding hydrogens is 350 g/mol. The van der Waals surface area contributed by atoms with Gasteiger partial charge in [-0.15, -0.1) is 21.5 Å². The van der Waals surface area contributed by atoms with Crippen molar-refractivity contribution in [1.82, 2.24) is 10.2 Å². The monoisotopic (exact) mass is 363 g/mol. The van der Waals surface area contributed by atoms with Crippen LogP contribution in [0.3, 0.4) is 0 Å².